The Labute approximate surface area is 413 Å². The maximum atomic E-state index is 6.73. The molecule has 72 heavy (non-hydrogen) atoms. The zero-order valence-electron chi connectivity index (χ0n) is 40.0. The third-order valence-electron chi connectivity index (χ3n) is 15.2. The van der Waals surface area contributed by atoms with Crippen molar-refractivity contribution in [2.45, 2.75) is 27.7 Å². The molecule has 4 aromatic heterocycles. The Balaban J connectivity index is 0.835. The first-order chi connectivity index (χ1) is 35.3. The van der Waals surface area contributed by atoms with Gasteiger partial charge in [-0.25, -0.2) is 0 Å². The van der Waals surface area contributed by atoms with E-state index in [-0.39, 0.29) is 0 Å². The van der Waals surface area contributed by atoms with Crippen LogP contribution in [0.25, 0.3) is 109 Å². The zero-order valence-corrected chi connectivity index (χ0v) is 40.0. The fourth-order valence-electron chi connectivity index (χ4n) is 11.7. The number of aryl methyl sites for hydroxylation is 4. The highest BCUT2D eigenvalue weighted by Crippen LogP contribution is 2.47. The van der Waals surface area contributed by atoms with E-state index in [9.17, 15) is 0 Å². The molecular weight excluding hydrogens is 885 g/mol. The number of hydrogen-bond acceptors (Lipinski definition) is 6. The smallest absolute Gasteiger partial charge is 0.139 e. The quantitative estimate of drug-likeness (QED) is 0.166. The molecule has 0 aliphatic heterocycles. The summed E-state index contributed by atoms with van der Waals surface area (Å²) in [6.45, 7) is 8.76. The summed E-state index contributed by atoms with van der Waals surface area (Å²) < 4.78 is 26.1. The monoisotopic (exact) mass is 928 g/mol. The number of fused-ring (bicyclic) bond motifs is 14. The van der Waals surface area contributed by atoms with E-state index in [0.29, 0.717) is 0 Å². The summed E-state index contributed by atoms with van der Waals surface area (Å²) >= 11 is 0. The van der Waals surface area contributed by atoms with E-state index in [1.807, 2.05) is 24.3 Å². The van der Waals surface area contributed by atoms with Crippen LogP contribution in [0.15, 0.2) is 212 Å². The highest BCUT2D eigenvalue weighted by atomic mass is 16.3. The van der Waals surface area contributed by atoms with Crippen molar-refractivity contribution < 1.29 is 17.7 Å². The second kappa shape index (κ2) is 15.1. The predicted octanol–water partition coefficient (Wildman–Crippen LogP) is 19.8. The summed E-state index contributed by atoms with van der Waals surface area (Å²) in [5.74, 6) is 0. The van der Waals surface area contributed by atoms with Crippen LogP contribution in [0.4, 0.5) is 34.1 Å². The van der Waals surface area contributed by atoms with Crippen molar-refractivity contribution in [2.24, 2.45) is 0 Å². The molecule has 6 nitrogen and oxygen atoms in total. The number of nitrogens with zero attached hydrogens (tertiary/aromatic N) is 2. The molecule has 15 aromatic rings. The fourth-order valence-corrected chi connectivity index (χ4v) is 11.7. The van der Waals surface area contributed by atoms with Crippen LogP contribution in [0.5, 0.6) is 0 Å². The molecule has 4 heterocycles. The Morgan fingerprint density at radius 3 is 1.14 bits per heavy atom. The van der Waals surface area contributed by atoms with E-state index >= 15 is 0 Å². The van der Waals surface area contributed by atoms with E-state index in [1.165, 1.54) is 11.1 Å². The minimum Gasteiger partial charge on any atom is -0.456 e. The van der Waals surface area contributed by atoms with E-state index in [0.717, 1.165) is 155 Å². The van der Waals surface area contributed by atoms with Crippen LogP contribution < -0.4 is 9.80 Å². The molecule has 6 heteroatoms. The first-order valence-electron chi connectivity index (χ1n) is 24.5. The molecule has 15 rings (SSSR count). The third kappa shape index (κ3) is 5.96. The minimum absolute atomic E-state index is 0.795. The van der Waals surface area contributed by atoms with Crippen LogP contribution in [0.3, 0.4) is 0 Å². The Kier molecular flexibility index (Phi) is 8.53. The average Bonchev–Trinajstić information content (AvgIpc) is 4.16. The molecule has 0 saturated heterocycles. The number of hydrogen-bond donors (Lipinski definition) is 0. The Hall–Kier alpha value is -9.26. The number of benzene rings is 11. The van der Waals surface area contributed by atoms with Gasteiger partial charge in [-0.3, -0.25) is 0 Å². The Bertz CT molecular complexity index is 4480. The molecule has 0 N–H and O–H groups in total. The molecule has 0 atom stereocenters. The fraction of sp³-hybridized carbons (Fsp3) is 0.0606. The summed E-state index contributed by atoms with van der Waals surface area (Å²) in [4.78, 5) is 4.75. The Morgan fingerprint density at radius 1 is 0.264 bits per heavy atom. The molecule has 0 fully saturated rings. The lowest BCUT2D eigenvalue weighted by Crippen LogP contribution is -2.12. The van der Waals surface area contributed by atoms with Crippen molar-refractivity contribution in [3.8, 4) is 0 Å². The van der Waals surface area contributed by atoms with Gasteiger partial charge in [-0.1, -0.05) is 84.9 Å². The zero-order chi connectivity index (χ0) is 47.9. The highest BCUT2D eigenvalue weighted by Gasteiger charge is 2.24. The van der Waals surface area contributed by atoms with Crippen LogP contribution in [0.2, 0.25) is 0 Å². The van der Waals surface area contributed by atoms with Gasteiger partial charge in [0.25, 0.3) is 0 Å². The molecular formula is C66H44N2O4. The van der Waals surface area contributed by atoms with Gasteiger partial charge in [0.2, 0.25) is 0 Å². The minimum atomic E-state index is 0.795. The van der Waals surface area contributed by atoms with Gasteiger partial charge >= 0.3 is 0 Å². The summed E-state index contributed by atoms with van der Waals surface area (Å²) in [6.07, 6.45) is 0. The maximum absolute atomic E-state index is 6.73. The first-order valence-corrected chi connectivity index (χ1v) is 24.5. The molecule has 0 aliphatic carbocycles. The SMILES string of the molecule is Cc1ccccc1N(c1ccc2cc3c(cc2c1)oc1cc2oc4cc5cc(N(c6ccccc6C)c6ccc7oc8ccccc8c7c6C)ccc5cc4c2cc13)c1ccc2oc3ccccc3c2c1C. The maximum Gasteiger partial charge on any atom is 0.139 e. The third-order valence-corrected chi connectivity index (χ3v) is 15.2. The molecule has 0 radical (unpaired) electrons. The highest BCUT2D eigenvalue weighted by molar-refractivity contribution is 6.19. The van der Waals surface area contributed by atoms with E-state index in [2.05, 4.69) is 207 Å². The summed E-state index contributed by atoms with van der Waals surface area (Å²) in [5.41, 5.74) is 18.1. The molecule has 0 aliphatic rings. The lowest BCUT2D eigenvalue weighted by molar-refractivity contribution is 0.656. The van der Waals surface area contributed by atoms with E-state index < -0.39 is 0 Å². The lowest BCUT2D eigenvalue weighted by Gasteiger charge is -2.29. The summed E-state index contributed by atoms with van der Waals surface area (Å²) in [5, 5.41) is 13.2. The van der Waals surface area contributed by atoms with Gasteiger partial charge in [0.15, 0.2) is 0 Å². The van der Waals surface area contributed by atoms with E-state index in [4.69, 9.17) is 17.7 Å². The van der Waals surface area contributed by atoms with Crippen LogP contribution >= 0.6 is 0 Å². The van der Waals surface area contributed by atoms with Gasteiger partial charge in [-0.05, 0) is 175 Å². The molecule has 11 aromatic carbocycles. The van der Waals surface area contributed by atoms with Crippen molar-refractivity contribution in [1.29, 1.82) is 0 Å². The summed E-state index contributed by atoms with van der Waals surface area (Å²) in [6, 6.07) is 69.1. The van der Waals surface area contributed by atoms with Crippen molar-refractivity contribution in [1.82, 2.24) is 0 Å². The lowest BCUT2D eigenvalue weighted by atomic mass is 10.0. The molecule has 0 bridgehead atoms. The Morgan fingerprint density at radius 2 is 0.667 bits per heavy atom. The first kappa shape index (κ1) is 40.6. The van der Waals surface area contributed by atoms with Crippen LogP contribution in [-0.2, 0) is 0 Å². The second-order valence-corrected chi connectivity index (χ2v) is 19.4. The molecule has 0 amide bonds. The van der Waals surface area contributed by atoms with Crippen molar-refractivity contribution in [3.63, 3.8) is 0 Å². The average molecular weight is 929 g/mol. The number of para-hydroxylation sites is 4. The van der Waals surface area contributed by atoms with Gasteiger partial charge in [0, 0.05) is 83.3 Å². The van der Waals surface area contributed by atoms with Crippen molar-refractivity contribution in [2.75, 3.05) is 9.80 Å². The van der Waals surface area contributed by atoms with Gasteiger partial charge in [0.1, 0.15) is 44.7 Å². The van der Waals surface area contributed by atoms with Crippen molar-refractivity contribution >= 4 is 143 Å². The molecule has 342 valence electrons. The van der Waals surface area contributed by atoms with Crippen LogP contribution in [-0.4, -0.2) is 0 Å². The molecule has 0 unspecified atom stereocenters. The number of anilines is 6. The molecule has 0 spiro atoms. The van der Waals surface area contributed by atoms with Gasteiger partial charge in [-0.2, -0.15) is 0 Å². The van der Waals surface area contributed by atoms with Gasteiger partial charge in [-0.15, -0.1) is 0 Å². The normalized spacial score (nSPS) is 12.2. The van der Waals surface area contributed by atoms with E-state index in [1.54, 1.807) is 0 Å². The predicted molar refractivity (Wildman–Crippen MR) is 299 cm³/mol. The van der Waals surface area contributed by atoms with Gasteiger partial charge in [0.05, 0.1) is 0 Å². The standard InChI is InChI=1S/C66H44N2O4/c1-37-13-5-9-17-53(37)67(55-25-27-59-65(39(55)3)47-15-7-11-19-57(47)69-59)45-23-21-41-31-49-51-35-52-50-32-42-22-24-46(30-44(42)34-62(50)72-64(52)36-63(51)71-61(49)33-43(41)29-45)68(54-18-10-6-14-38(54)2)56-26-28-60-66(40(56)4)48-16-8-12-20-58(48)70-60/h5-36H,1-4H3. The largest absolute Gasteiger partial charge is 0.456 e. The van der Waals surface area contributed by atoms with Crippen LogP contribution in [0, 0.1) is 27.7 Å². The number of furan rings is 4. The van der Waals surface area contributed by atoms with Crippen LogP contribution in [0.1, 0.15) is 22.3 Å². The van der Waals surface area contributed by atoms with Gasteiger partial charge < -0.3 is 27.5 Å². The second-order valence-electron chi connectivity index (χ2n) is 19.4. The topological polar surface area (TPSA) is 59.0 Å². The number of rotatable bonds is 6. The molecule has 0 saturated carbocycles. The summed E-state index contributed by atoms with van der Waals surface area (Å²) in [7, 11) is 0. The van der Waals surface area contributed by atoms with Crippen molar-refractivity contribution in [3.05, 3.63) is 216 Å².